The number of hydrogen-bond acceptors (Lipinski definition) is 3. The van der Waals surface area contributed by atoms with E-state index < -0.39 is 0 Å². The van der Waals surface area contributed by atoms with Gasteiger partial charge in [-0.05, 0) is 11.3 Å². The van der Waals surface area contributed by atoms with Crippen molar-refractivity contribution >= 4 is 0 Å². The van der Waals surface area contributed by atoms with Gasteiger partial charge in [-0.1, -0.05) is 0 Å². The first-order valence-corrected chi connectivity index (χ1v) is 3.17. The van der Waals surface area contributed by atoms with Crippen LogP contribution < -0.4 is 17.4 Å². The molecule has 0 bridgehead atoms. The number of halogens is 1. The van der Waals surface area contributed by atoms with E-state index in [0.29, 0.717) is 5.82 Å². The molecule has 0 aliphatic carbocycles. The monoisotopic (exact) mass is 183 g/mol. The molecule has 0 saturated heterocycles. The number of aromatic nitrogens is 5. The summed E-state index contributed by atoms with van der Waals surface area (Å²) in [6.07, 6.45) is 3.63. The molecule has 0 saturated carbocycles. The van der Waals surface area contributed by atoms with E-state index in [2.05, 4.69) is 25.6 Å². The van der Waals surface area contributed by atoms with Crippen molar-refractivity contribution < 1.29 is 17.4 Å². The SMILES string of the molecule is [Cl-].c1c[nH+]cc(-c2nn[nH]n2)c1. The summed E-state index contributed by atoms with van der Waals surface area (Å²) < 4.78 is 0. The second-order valence-corrected chi connectivity index (χ2v) is 2.03. The summed E-state index contributed by atoms with van der Waals surface area (Å²) in [6, 6.07) is 3.78. The second-order valence-electron chi connectivity index (χ2n) is 2.03. The smallest absolute Gasteiger partial charge is 0.210 e. The van der Waals surface area contributed by atoms with Crippen molar-refractivity contribution in [3.63, 3.8) is 0 Å². The zero-order valence-electron chi connectivity index (χ0n) is 6.03. The first-order chi connectivity index (χ1) is 5.47. The van der Waals surface area contributed by atoms with Crippen molar-refractivity contribution in [2.75, 3.05) is 0 Å². The van der Waals surface area contributed by atoms with Gasteiger partial charge in [0.15, 0.2) is 12.4 Å². The van der Waals surface area contributed by atoms with Gasteiger partial charge >= 0.3 is 0 Å². The lowest BCUT2D eigenvalue weighted by Gasteiger charge is -1.84. The summed E-state index contributed by atoms with van der Waals surface area (Å²) in [7, 11) is 0. The zero-order valence-corrected chi connectivity index (χ0v) is 6.78. The molecule has 0 unspecified atom stereocenters. The Labute approximate surface area is 74.6 Å². The van der Waals surface area contributed by atoms with Gasteiger partial charge in [-0.25, -0.2) is 4.98 Å². The van der Waals surface area contributed by atoms with E-state index in [0.717, 1.165) is 5.56 Å². The molecule has 0 fully saturated rings. The zero-order chi connectivity index (χ0) is 7.52. The van der Waals surface area contributed by atoms with Gasteiger partial charge in [0.1, 0.15) is 0 Å². The first-order valence-electron chi connectivity index (χ1n) is 3.17. The number of hydrogen-bond donors (Lipinski definition) is 1. The Hall–Kier alpha value is -1.49. The molecule has 0 atom stereocenters. The van der Waals surface area contributed by atoms with Crippen LogP contribution in [0.4, 0.5) is 0 Å². The molecule has 0 aliphatic heterocycles. The Morgan fingerprint density at radius 3 is 2.92 bits per heavy atom. The molecule has 0 amide bonds. The molecule has 0 aromatic carbocycles. The Morgan fingerprint density at radius 2 is 2.33 bits per heavy atom. The maximum absolute atomic E-state index is 3.82. The van der Waals surface area contributed by atoms with Gasteiger partial charge in [0.25, 0.3) is 0 Å². The fraction of sp³-hybridized carbons (Fsp3) is 0. The van der Waals surface area contributed by atoms with Crippen molar-refractivity contribution in [3.05, 3.63) is 24.5 Å². The Morgan fingerprint density at radius 1 is 1.42 bits per heavy atom. The maximum atomic E-state index is 3.82. The maximum Gasteiger partial charge on any atom is 0.210 e. The minimum atomic E-state index is 0. The lowest BCUT2D eigenvalue weighted by molar-refractivity contribution is -0.377. The van der Waals surface area contributed by atoms with Crippen molar-refractivity contribution in [2.45, 2.75) is 0 Å². The third kappa shape index (κ3) is 1.57. The van der Waals surface area contributed by atoms with Gasteiger partial charge in [0, 0.05) is 6.07 Å². The van der Waals surface area contributed by atoms with Crippen LogP contribution >= 0.6 is 0 Å². The van der Waals surface area contributed by atoms with Crippen LogP contribution in [0.25, 0.3) is 11.4 Å². The lowest BCUT2D eigenvalue weighted by Crippen LogP contribution is -3.00. The molecule has 0 aliphatic rings. The van der Waals surface area contributed by atoms with Gasteiger partial charge in [0.2, 0.25) is 5.82 Å². The van der Waals surface area contributed by atoms with Crippen LogP contribution in [-0.4, -0.2) is 20.6 Å². The van der Waals surface area contributed by atoms with E-state index in [1.807, 2.05) is 24.5 Å². The normalized spacial score (nSPS) is 9.00. The summed E-state index contributed by atoms with van der Waals surface area (Å²) in [4.78, 5) is 2.93. The molecule has 12 heavy (non-hydrogen) atoms. The number of aromatic amines is 2. The quantitative estimate of drug-likeness (QED) is 0.503. The van der Waals surface area contributed by atoms with Gasteiger partial charge in [-0.2, -0.15) is 5.21 Å². The van der Waals surface area contributed by atoms with E-state index in [9.17, 15) is 0 Å². The Balaban J connectivity index is 0.000000720. The molecule has 62 valence electrons. The molecule has 0 radical (unpaired) electrons. The largest absolute Gasteiger partial charge is 1.00 e. The molecule has 2 N–H and O–H groups in total. The highest BCUT2D eigenvalue weighted by Gasteiger charge is 2.02. The minimum absolute atomic E-state index is 0. The molecular weight excluding hydrogens is 178 g/mol. The summed E-state index contributed by atoms with van der Waals surface area (Å²) in [6.45, 7) is 0. The highest BCUT2D eigenvalue weighted by atomic mass is 35.5. The molecule has 0 spiro atoms. The Kier molecular flexibility index (Phi) is 2.71. The summed E-state index contributed by atoms with van der Waals surface area (Å²) in [5.41, 5.74) is 0.918. The average Bonchev–Trinajstić information content (AvgIpc) is 2.58. The highest BCUT2D eigenvalue weighted by molar-refractivity contribution is 5.49. The van der Waals surface area contributed by atoms with Crippen LogP contribution in [0.5, 0.6) is 0 Å². The van der Waals surface area contributed by atoms with Crippen LogP contribution in [0, 0.1) is 0 Å². The average molecular weight is 184 g/mol. The van der Waals surface area contributed by atoms with Crippen LogP contribution in [0.15, 0.2) is 24.5 Å². The van der Waals surface area contributed by atoms with Crippen molar-refractivity contribution in [3.8, 4) is 11.4 Å². The van der Waals surface area contributed by atoms with E-state index in [1.165, 1.54) is 0 Å². The van der Waals surface area contributed by atoms with Gasteiger partial charge < -0.3 is 12.4 Å². The molecule has 6 heteroatoms. The number of nitrogens with one attached hydrogen (secondary N) is 2. The second kappa shape index (κ2) is 3.77. The molecule has 2 heterocycles. The number of tetrazole rings is 1. The standard InChI is InChI=1S/C6H5N5.ClH/c1-2-5(4-7-3-1)6-8-10-11-9-6;/h1-4H,(H,8,9,10,11);1H. The number of rotatable bonds is 1. The summed E-state index contributed by atoms with van der Waals surface area (Å²) in [5.74, 6) is 0.599. The molecular formula is C6H6ClN5. The summed E-state index contributed by atoms with van der Waals surface area (Å²) >= 11 is 0. The van der Waals surface area contributed by atoms with Crippen LogP contribution in [0.1, 0.15) is 0 Å². The van der Waals surface area contributed by atoms with E-state index in [4.69, 9.17) is 0 Å². The Bertz CT molecular complexity index is 319. The van der Waals surface area contributed by atoms with Crippen molar-refractivity contribution in [2.24, 2.45) is 0 Å². The highest BCUT2D eigenvalue weighted by Crippen LogP contribution is 2.07. The van der Waals surface area contributed by atoms with Gasteiger partial charge in [-0.15, -0.1) is 10.2 Å². The topological polar surface area (TPSA) is 68.6 Å². The van der Waals surface area contributed by atoms with Gasteiger partial charge in [0.05, 0.1) is 5.56 Å². The minimum Gasteiger partial charge on any atom is -1.00 e. The molecule has 2 aromatic heterocycles. The van der Waals surface area contributed by atoms with Crippen molar-refractivity contribution in [1.82, 2.24) is 20.6 Å². The number of nitrogens with zero attached hydrogens (tertiary/aromatic N) is 3. The fourth-order valence-electron chi connectivity index (χ4n) is 0.817. The van der Waals surface area contributed by atoms with Crippen LogP contribution in [0.2, 0.25) is 0 Å². The third-order valence-corrected chi connectivity index (χ3v) is 1.31. The van der Waals surface area contributed by atoms with Crippen molar-refractivity contribution in [1.29, 1.82) is 0 Å². The molecule has 5 nitrogen and oxygen atoms in total. The van der Waals surface area contributed by atoms with E-state index in [-0.39, 0.29) is 12.4 Å². The number of H-pyrrole nitrogens is 2. The van der Waals surface area contributed by atoms with E-state index in [1.54, 1.807) is 0 Å². The lowest BCUT2D eigenvalue weighted by atomic mass is 10.3. The van der Waals surface area contributed by atoms with Crippen LogP contribution in [-0.2, 0) is 0 Å². The fourth-order valence-corrected chi connectivity index (χ4v) is 0.817. The first kappa shape index (κ1) is 8.61. The van der Waals surface area contributed by atoms with Crippen LogP contribution in [0.3, 0.4) is 0 Å². The third-order valence-electron chi connectivity index (χ3n) is 1.31. The number of pyridine rings is 1. The molecule has 2 aromatic rings. The molecule has 2 rings (SSSR count). The van der Waals surface area contributed by atoms with E-state index >= 15 is 0 Å². The predicted molar refractivity (Wildman–Crippen MR) is 36.2 cm³/mol. The summed E-state index contributed by atoms with van der Waals surface area (Å²) in [5, 5.41) is 13.5. The van der Waals surface area contributed by atoms with Gasteiger partial charge in [-0.3, -0.25) is 0 Å². The predicted octanol–water partition coefficient (Wildman–Crippen LogP) is -3.32.